The molecule has 0 aromatic carbocycles. The van der Waals surface area contributed by atoms with Gasteiger partial charge < -0.3 is 4.74 Å². The number of Topliss-reactive ketones (excluding diaryl/α,β-unsaturated/α-hetero) is 1. The van der Waals surface area contributed by atoms with Crippen molar-refractivity contribution in [1.82, 2.24) is 0 Å². The van der Waals surface area contributed by atoms with Gasteiger partial charge in [-0.2, -0.15) is 0 Å². The van der Waals surface area contributed by atoms with E-state index >= 15 is 0 Å². The summed E-state index contributed by atoms with van der Waals surface area (Å²) in [5, 5.41) is -1.03. The molecular weight excluding hydrogens is 299 g/mol. The van der Waals surface area contributed by atoms with Crippen molar-refractivity contribution < 1.29 is 14.3 Å². The van der Waals surface area contributed by atoms with Gasteiger partial charge in [0.15, 0.2) is 11.2 Å². The summed E-state index contributed by atoms with van der Waals surface area (Å²) in [5.41, 5.74) is -1.70. The largest absolute Gasteiger partial charge is 0.468 e. The van der Waals surface area contributed by atoms with Gasteiger partial charge in [0, 0.05) is 11.3 Å². The first-order valence-electron chi connectivity index (χ1n) is 7.05. The van der Waals surface area contributed by atoms with Gasteiger partial charge in [0.2, 0.25) is 0 Å². The van der Waals surface area contributed by atoms with E-state index in [0.29, 0.717) is 0 Å². The smallest absolute Gasteiger partial charge is 0.321 e. The van der Waals surface area contributed by atoms with Crippen LogP contribution >= 0.6 is 23.2 Å². The van der Waals surface area contributed by atoms with Crippen molar-refractivity contribution in [3.05, 3.63) is 0 Å². The zero-order valence-electron chi connectivity index (χ0n) is 12.2. The number of carbonyl (C=O) groups is 2. The minimum atomic E-state index is -1.23. The maximum absolute atomic E-state index is 13.0. The molecule has 3 nitrogen and oxygen atoms in total. The van der Waals surface area contributed by atoms with Crippen LogP contribution in [0.2, 0.25) is 0 Å². The highest BCUT2D eigenvalue weighted by molar-refractivity contribution is 6.37. The Labute approximate surface area is 129 Å². The first-order valence-corrected chi connectivity index (χ1v) is 7.92. The fraction of sp³-hybridized carbons (Fsp3) is 0.867. The number of halogens is 2. The van der Waals surface area contributed by atoms with Crippen LogP contribution in [0.5, 0.6) is 0 Å². The number of esters is 1. The Hall–Kier alpha value is -0.280. The summed E-state index contributed by atoms with van der Waals surface area (Å²) in [4.78, 5) is 25.4. The lowest BCUT2D eigenvalue weighted by atomic mass is 9.47. The average Bonchev–Trinajstić information content (AvgIpc) is 2.79. The minimum absolute atomic E-state index is 0.0423. The van der Waals surface area contributed by atoms with Gasteiger partial charge in [-0.15, -0.1) is 23.2 Å². The van der Waals surface area contributed by atoms with Gasteiger partial charge in [-0.1, -0.05) is 20.8 Å². The normalized spacial score (nSPS) is 52.2. The summed E-state index contributed by atoms with van der Waals surface area (Å²) in [6.07, 6.45) is 1.71. The number of rotatable bonds is 1. The van der Waals surface area contributed by atoms with Crippen molar-refractivity contribution in [1.29, 1.82) is 0 Å². The average molecular weight is 319 g/mol. The van der Waals surface area contributed by atoms with Crippen molar-refractivity contribution in [3.8, 4) is 0 Å². The Morgan fingerprint density at radius 1 is 1.20 bits per heavy atom. The third-order valence-electron chi connectivity index (χ3n) is 6.13. The number of alkyl halides is 2. The standard InChI is InChI=1S/C15H20Cl2O3/c1-13(2)5-7-8(6-13)14(3)9(16)10(17)15(14,11(7)18)12(19)20-4/h7-10H,5-6H2,1-4H3/t7-,8+,9-,10-,14+,15+/m1/s1. The van der Waals surface area contributed by atoms with E-state index in [0.717, 1.165) is 12.8 Å². The van der Waals surface area contributed by atoms with Gasteiger partial charge in [0.25, 0.3) is 0 Å². The van der Waals surface area contributed by atoms with Crippen molar-refractivity contribution in [2.75, 3.05) is 7.11 Å². The van der Waals surface area contributed by atoms with Crippen LogP contribution in [0.3, 0.4) is 0 Å². The molecule has 0 aromatic heterocycles. The maximum Gasteiger partial charge on any atom is 0.321 e. The van der Waals surface area contributed by atoms with Crippen LogP contribution in [0.15, 0.2) is 0 Å². The first kappa shape index (κ1) is 14.6. The summed E-state index contributed by atoms with van der Waals surface area (Å²) < 4.78 is 4.93. The summed E-state index contributed by atoms with van der Waals surface area (Å²) in [7, 11) is 1.31. The van der Waals surface area contributed by atoms with Gasteiger partial charge in [-0.05, 0) is 24.2 Å². The van der Waals surface area contributed by atoms with Crippen LogP contribution in [0.1, 0.15) is 33.6 Å². The van der Waals surface area contributed by atoms with Gasteiger partial charge in [0.05, 0.1) is 17.9 Å². The summed E-state index contributed by atoms with van der Waals surface area (Å²) >= 11 is 12.8. The lowest BCUT2D eigenvalue weighted by Gasteiger charge is -2.59. The van der Waals surface area contributed by atoms with Crippen LogP contribution in [0, 0.1) is 28.1 Å². The number of carbonyl (C=O) groups excluding carboxylic acids is 2. The molecule has 0 bridgehead atoms. The molecule has 3 rings (SSSR count). The molecule has 0 amide bonds. The molecule has 20 heavy (non-hydrogen) atoms. The van der Waals surface area contributed by atoms with E-state index in [2.05, 4.69) is 13.8 Å². The Morgan fingerprint density at radius 2 is 1.80 bits per heavy atom. The van der Waals surface area contributed by atoms with E-state index in [1.807, 2.05) is 6.92 Å². The second kappa shape index (κ2) is 3.92. The van der Waals surface area contributed by atoms with Gasteiger partial charge in [0.1, 0.15) is 0 Å². The number of fused-ring (bicyclic) bond motifs is 3. The SMILES string of the molecule is COC(=O)[C@]12C(=O)[C@@H]3CC(C)(C)C[C@@H]3[C@@]1(C)[C@H](Cl)[C@H]2Cl. The highest BCUT2D eigenvalue weighted by Gasteiger charge is 2.85. The third kappa shape index (κ3) is 1.26. The van der Waals surface area contributed by atoms with Crippen molar-refractivity contribution >= 4 is 35.0 Å². The van der Waals surface area contributed by atoms with Crippen molar-refractivity contribution in [2.45, 2.75) is 44.4 Å². The molecule has 0 N–H and O–H groups in total. The molecule has 112 valence electrons. The van der Waals surface area contributed by atoms with Crippen LogP contribution in [0.25, 0.3) is 0 Å². The van der Waals surface area contributed by atoms with Crippen LogP contribution in [-0.2, 0) is 14.3 Å². The monoisotopic (exact) mass is 318 g/mol. The van der Waals surface area contributed by atoms with Crippen molar-refractivity contribution in [2.24, 2.45) is 28.1 Å². The molecule has 3 aliphatic rings. The second-order valence-corrected chi connectivity index (χ2v) is 8.48. The predicted octanol–water partition coefficient (Wildman–Crippen LogP) is 3.02. The highest BCUT2D eigenvalue weighted by Crippen LogP contribution is 2.76. The number of ketones is 1. The molecular formula is C15H20Cl2O3. The molecule has 3 saturated carbocycles. The highest BCUT2D eigenvalue weighted by atomic mass is 35.5. The fourth-order valence-electron chi connectivity index (χ4n) is 5.19. The quantitative estimate of drug-likeness (QED) is 0.424. The van der Waals surface area contributed by atoms with E-state index in [1.165, 1.54) is 7.11 Å². The van der Waals surface area contributed by atoms with Crippen LogP contribution < -0.4 is 0 Å². The van der Waals surface area contributed by atoms with Gasteiger partial charge in [-0.3, -0.25) is 9.59 Å². The van der Waals surface area contributed by atoms with E-state index in [-0.39, 0.29) is 28.4 Å². The fourth-order valence-corrected chi connectivity index (χ4v) is 6.41. The molecule has 0 saturated heterocycles. The molecule has 5 heteroatoms. The summed E-state index contributed by atoms with van der Waals surface area (Å²) in [6, 6.07) is 0. The molecule has 0 aliphatic heterocycles. The van der Waals surface area contributed by atoms with E-state index in [9.17, 15) is 9.59 Å². The second-order valence-electron chi connectivity index (χ2n) is 7.54. The number of hydrogen-bond acceptors (Lipinski definition) is 3. The Kier molecular flexibility index (Phi) is 2.87. The van der Waals surface area contributed by atoms with Gasteiger partial charge in [-0.25, -0.2) is 0 Å². The summed E-state index contributed by atoms with van der Waals surface area (Å²) in [6.45, 7) is 6.29. The maximum atomic E-state index is 13.0. The molecule has 0 unspecified atom stereocenters. The predicted molar refractivity (Wildman–Crippen MR) is 76.8 cm³/mol. The summed E-state index contributed by atoms with van der Waals surface area (Å²) in [5.74, 6) is -0.533. The molecule has 0 aromatic rings. The molecule has 3 fully saturated rings. The lowest BCUT2D eigenvalue weighted by Crippen LogP contribution is -2.72. The van der Waals surface area contributed by atoms with E-state index in [1.54, 1.807) is 0 Å². The molecule has 0 radical (unpaired) electrons. The van der Waals surface area contributed by atoms with Crippen LogP contribution in [-0.4, -0.2) is 29.6 Å². The van der Waals surface area contributed by atoms with Crippen LogP contribution in [0.4, 0.5) is 0 Å². The van der Waals surface area contributed by atoms with Gasteiger partial charge >= 0.3 is 5.97 Å². The Morgan fingerprint density at radius 3 is 2.35 bits per heavy atom. The molecule has 6 atom stereocenters. The third-order valence-corrected chi connectivity index (χ3v) is 7.54. The molecule has 0 spiro atoms. The number of hydrogen-bond donors (Lipinski definition) is 0. The minimum Gasteiger partial charge on any atom is -0.468 e. The van der Waals surface area contributed by atoms with Crippen molar-refractivity contribution in [3.63, 3.8) is 0 Å². The number of ether oxygens (including phenoxy) is 1. The lowest BCUT2D eigenvalue weighted by molar-refractivity contribution is -0.177. The van der Waals surface area contributed by atoms with E-state index < -0.39 is 22.2 Å². The zero-order valence-corrected chi connectivity index (χ0v) is 13.7. The van der Waals surface area contributed by atoms with E-state index in [4.69, 9.17) is 27.9 Å². The Bertz CT molecular complexity index is 503. The zero-order chi connectivity index (χ0) is 15.1. The topological polar surface area (TPSA) is 43.4 Å². The molecule has 0 heterocycles. The Balaban J connectivity index is 2.13. The first-order chi connectivity index (χ1) is 9.14. The molecule has 3 aliphatic carbocycles. The number of methoxy groups -OCH3 is 1.